The van der Waals surface area contributed by atoms with Crippen LogP contribution in [0.1, 0.15) is 33.6 Å². The van der Waals surface area contributed by atoms with Gasteiger partial charge in [-0.15, -0.1) is 0 Å². The highest BCUT2D eigenvalue weighted by molar-refractivity contribution is 5.77. The van der Waals surface area contributed by atoms with E-state index in [2.05, 4.69) is 4.98 Å². The predicted octanol–water partition coefficient (Wildman–Crippen LogP) is 3.16. The number of rotatable bonds is 2. The Hall–Kier alpha value is -1.53. The number of aromatic nitrogens is 1. The van der Waals surface area contributed by atoms with E-state index in [0.717, 1.165) is 6.92 Å². The van der Waals surface area contributed by atoms with E-state index in [9.17, 15) is 26.7 Å². The number of pyridine rings is 1. The van der Waals surface area contributed by atoms with Crippen LogP contribution in [0.4, 0.5) is 22.0 Å². The summed E-state index contributed by atoms with van der Waals surface area (Å²) in [4.78, 5) is 13.4. The van der Waals surface area contributed by atoms with Gasteiger partial charge in [0.2, 0.25) is 0 Å². The summed E-state index contributed by atoms with van der Waals surface area (Å²) < 4.78 is 62.0. The molecule has 2 nitrogen and oxygen atoms in total. The monoisotopic (exact) mass is 239 g/mol. The van der Waals surface area contributed by atoms with Gasteiger partial charge in [-0.3, -0.25) is 9.78 Å². The van der Waals surface area contributed by atoms with Crippen molar-refractivity contribution in [3.63, 3.8) is 0 Å². The number of hydrogen-bond donors (Lipinski definition) is 0. The third-order valence-corrected chi connectivity index (χ3v) is 2.02. The molecule has 0 aliphatic rings. The van der Waals surface area contributed by atoms with Gasteiger partial charge < -0.3 is 0 Å². The zero-order chi connectivity index (χ0) is 12.5. The van der Waals surface area contributed by atoms with Gasteiger partial charge in [0.05, 0.1) is 0 Å². The van der Waals surface area contributed by atoms with Crippen molar-refractivity contribution < 1.29 is 26.7 Å². The Morgan fingerprint density at radius 2 is 1.94 bits per heavy atom. The minimum absolute atomic E-state index is 0.0572. The molecule has 0 amide bonds. The van der Waals surface area contributed by atoms with Crippen molar-refractivity contribution in [1.82, 2.24) is 4.98 Å². The largest absolute Gasteiger partial charge is 0.433 e. The van der Waals surface area contributed by atoms with Crippen LogP contribution in [0.3, 0.4) is 0 Å². The van der Waals surface area contributed by atoms with Crippen molar-refractivity contribution in [3.05, 3.63) is 28.6 Å². The van der Waals surface area contributed by atoms with Crippen LogP contribution in [0.25, 0.3) is 0 Å². The van der Waals surface area contributed by atoms with Gasteiger partial charge in [-0.1, -0.05) is 0 Å². The van der Waals surface area contributed by atoms with Crippen molar-refractivity contribution in [2.75, 3.05) is 0 Å². The second kappa shape index (κ2) is 4.15. The van der Waals surface area contributed by atoms with Crippen LogP contribution in [-0.4, -0.2) is 11.3 Å². The Morgan fingerprint density at radius 3 is 2.31 bits per heavy atom. The van der Waals surface area contributed by atoms with Crippen LogP contribution in [0, 0.1) is 6.92 Å². The maximum Gasteiger partial charge on any atom is 0.433 e. The summed E-state index contributed by atoms with van der Waals surface area (Å²) in [5.41, 5.74) is -3.56. The fourth-order valence-electron chi connectivity index (χ4n) is 1.31. The second-order valence-electron chi connectivity index (χ2n) is 3.02. The van der Waals surface area contributed by atoms with Crippen LogP contribution in [0.15, 0.2) is 6.20 Å². The van der Waals surface area contributed by atoms with Crippen LogP contribution in [0.5, 0.6) is 0 Å². The average Bonchev–Trinajstić information content (AvgIpc) is 2.14. The predicted molar refractivity (Wildman–Crippen MR) is 44.3 cm³/mol. The number of carbonyl (C=O) groups is 1. The van der Waals surface area contributed by atoms with E-state index in [0.29, 0.717) is 6.20 Å². The van der Waals surface area contributed by atoms with Crippen LogP contribution >= 0.6 is 0 Å². The van der Waals surface area contributed by atoms with Crippen molar-refractivity contribution >= 4 is 6.29 Å². The van der Waals surface area contributed by atoms with Gasteiger partial charge in [0.1, 0.15) is 5.69 Å². The molecule has 0 saturated heterocycles. The molecule has 0 spiro atoms. The van der Waals surface area contributed by atoms with Gasteiger partial charge in [0.25, 0.3) is 6.43 Å². The van der Waals surface area contributed by atoms with E-state index in [1.165, 1.54) is 0 Å². The Balaban J connectivity index is 3.50. The van der Waals surface area contributed by atoms with Crippen LogP contribution in [0.2, 0.25) is 0 Å². The van der Waals surface area contributed by atoms with E-state index < -0.39 is 35.0 Å². The SMILES string of the molecule is Cc1c(C(F)(F)F)ncc(C=O)c1C(F)F. The van der Waals surface area contributed by atoms with Gasteiger partial charge in [0, 0.05) is 17.3 Å². The lowest BCUT2D eigenvalue weighted by molar-refractivity contribution is -0.141. The molecule has 0 unspecified atom stereocenters. The summed E-state index contributed by atoms with van der Waals surface area (Å²) in [5, 5.41) is 0. The first-order valence-electron chi connectivity index (χ1n) is 4.09. The maximum absolute atomic E-state index is 12.5. The van der Waals surface area contributed by atoms with E-state index in [4.69, 9.17) is 0 Å². The molecular formula is C9H6F5NO. The van der Waals surface area contributed by atoms with Gasteiger partial charge in [0.15, 0.2) is 6.29 Å². The molecule has 0 aliphatic heterocycles. The Kier molecular flexibility index (Phi) is 3.25. The normalized spacial score (nSPS) is 11.9. The Bertz CT molecular complexity index is 413. The summed E-state index contributed by atoms with van der Waals surface area (Å²) in [5.74, 6) is 0. The fraction of sp³-hybridized carbons (Fsp3) is 0.333. The standard InChI is InChI=1S/C9H6F5NO/c1-4-6(8(10)11)5(3-16)2-15-7(4)9(12,13)14/h2-3,8H,1H3. The third kappa shape index (κ3) is 2.17. The summed E-state index contributed by atoms with van der Waals surface area (Å²) in [7, 11) is 0. The van der Waals surface area contributed by atoms with Gasteiger partial charge >= 0.3 is 6.18 Å². The zero-order valence-electron chi connectivity index (χ0n) is 7.98. The molecule has 0 fully saturated rings. The number of carbonyl (C=O) groups excluding carboxylic acids is 1. The summed E-state index contributed by atoms with van der Waals surface area (Å²) in [6, 6.07) is 0. The number of halogens is 5. The van der Waals surface area contributed by atoms with E-state index >= 15 is 0 Å². The highest BCUT2D eigenvalue weighted by Gasteiger charge is 2.36. The Labute approximate surface area is 87.1 Å². The quantitative estimate of drug-likeness (QED) is 0.586. The van der Waals surface area contributed by atoms with Crippen molar-refractivity contribution in [2.45, 2.75) is 19.5 Å². The van der Waals surface area contributed by atoms with E-state index in [-0.39, 0.29) is 6.29 Å². The molecular weight excluding hydrogens is 233 g/mol. The second-order valence-corrected chi connectivity index (χ2v) is 3.02. The van der Waals surface area contributed by atoms with Gasteiger partial charge in [-0.2, -0.15) is 13.2 Å². The minimum Gasteiger partial charge on any atom is -0.298 e. The average molecular weight is 239 g/mol. The molecule has 1 aromatic heterocycles. The fourth-order valence-corrected chi connectivity index (χ4v) is 1.31. The van der Waals surface area contributed by atoms with Crippen molar-refractivity contribution in [1.29, 1.82) is 0 Å². The maximum atomic E-state index is 12.5. The van der Waals surface area contributed by atoms with Gasteiger partial charge in [-0.25, -0.2) is 8.78 Å². The number of aldehydes is 1. The first-order valence-corrected chi connectivity index (χ1v) is 4.09. The lowest BCUT2D eigenvalue weighted by Gasteiger charge is -2.13. The molecule has 0 N–H and O–H groups in total. The number of hydrogen-bond acceptors (Lipinski definition) is 2. The first kappa shape index (κ1) is 12.5. The molecule has 1 aromatic rings. The summed E-state index contributed by atoms with van der Waals surface area (Å²) in [6.45, 7) is 0.865. The van der Waals surface area contributed by atoms with Crippen molar-refractivity contribution in [2.24, 2.45) is 0 Å². The zero-order valence-corrected chi connectivity index (χ0v) is 7.98. The molecule has 0 radical (unpaired) electrons. The molecule has 0 aliphatic carbocycles. The van der Waals surface area contributed by atoms with E-state index in [1.807, 2.05) is 0 Å². The van der Waals surface area contributed by atoms with Crippen molar-refractivity contribution in [3.8, 4) is 0 Å². The molecule has 88 valence electrons. The molecule has 1 rings (SSSR count). The molecule has 0 saturated carbocycles. The molecule has 0 aromatic carbocycles. The Morgan fingerprint density at radius 1 is 1.38 bits per heavy atom. The third-order valence-electron chi connectivity index (χ3n) is 2.02. The smallest absolute Gasteiger partial charge is 0.298 e. The first-order chi connectivity index (χ1) is 7.29. The lowest BCUT2D eigenvalue weighted by Crippen LogP contribution is -2.14. The molecule has 0 bridgehead atoms. The number of nitrogens with zero attached hydrogens (tertiary/aromatic N) is 1. The summed E-state index contributed by atoms with van der Waals surface area (Å²) in [6.07, 6.45) is -7.40. The lowest BCUT2D eigenvalue weighted by atomic mass is 10.0. The number of alkyl halides is 5. The molecule has 16 heavy (non-hydrogen) atoms. The van der Waals surface area contributed by atoms with Gasteiger partial charge in [-0.05, 0) is 12.5 Å². The van der Waals surface area contributed by atoms with Crippen LogP contribution < -0.4 is 0 Å². The summed E-state index contributed by atoms with van der Waals surface area (Å²) >= 11 is 0. The topological polar surface area (TPSA) is 30.0 Å². The highest BCUT2D eigenvalue weighted by atomic mass is 19.4. The van der Waals surface area contributed by atoms with E-state index in [1.54, 1.807) is 0 Å². The molecule has 0 atom stereocenters. The molecule has 7 heteroatoms. The highest BCUT2D eigenvalue weighted by Crippen LogP contribution is 2.35. The molecule has 1 heterocycles. The minimum atomic E-state index is -4.81. The van der Waals surface area contributed by atoms with Crippen LogP contribution in [-0.2, 0) is 6.18 Å².